The van der Waals surface area contributed by atoms with Crippen LogP contribution in [0.2, 0.25) is 0 Å². The lowest BCUT2D eigenvalue weighted by molar-refractivity contribution is 0.864. The third-order valence-electron chi connectivity index (χ3n) is 3.55. The Balaban J connectivity index is 1.78. The predicted molar refractivity (Wildman–Crippen MR) is 90.7 cm³/mol. The highest BCUT2D eigenvalue weighted by Crippen LogP contribution is 2.22. The lowest BCUT2D eigenvalue weighted by Crippen LogP contribution is -2.21. The van der Waals surface area contributed by atoms with E-state index in [1.165, 1.54) is 5.56 Å². The van der Waals surface area contributed by atoms with Crippen LogP contribution in [0.4, 0.5) is 5.82 Å². The maximum Gasteiger partial charge on any atom is 0.136 e. The molecule has 0 saturated heterocycles. The molecule has 0 aliphatic heterocycles. The van der Waals surface area contributed by atoms with Crippen molar-refractivity contribution in [2.45, 2.75) is 6.42 Å². The molecule has 0 bridgehead atoms. The molecule has 4 heteroatoms. The molecule has 21 heavy (non-hydrogen) atoms. The highest BCUT2D eigenvalue weighted by Gasteiger charge is 2.07. The van der Waals surface area contributed by atoms with E-state index in [1.807, 2.05) is 30.7 Å². The molecule has 0 saturated carbocycles. The van der Waals surface area contributed by atoms with Crippen molar-refractivity contribution < 1.29 is 0 Å². The number of pyridine rings is 2. The van der Waals surface area contributed by atoms with Crippen LogP contribution in [0.15, 0.2) is 59.5 Å². The number of halogens is 1. The molecule has 0 N–H and O–H groups in total. The van der Waals surface area contributed by atoms with Crippen molar-refractivity contribution in [1.29, 1.82) is 0 Å². The van der Waals surface area contributed by atoms with Gasteiger partial charge in [-0.15, -0.1) is 0 Å². The van der Waals surface area contributed by atoms with Crippen molar-refractivity contribution >= 4 is 32.5 Å². The summed E-state index contributed by atoms with van der Waals surface area (Å²) in [6.07, 6.45) is 6.53. The van der Waals surface area contributed by atoms with Gasteiger partial charge in [0.15, 0.2) is 0 Å². The molecule has 3 rings (SSSR count). The summed E-state index contributed by atoms with van der Waals surface area (Å²) in [6, 6.07) is 12.5. The van der Waals surface area contributed by atoms with E-state index < -0.39 is 0 Å². The Labute approximate surface area is 132 Å². The van der Waals surface area contributed by atoms with Crippen molar-refractivity contribution in [2.24, 2.45) is 0 Å². The van der Waals surface area contributed by atoms with Crippen molar-refractivity contribution in [1.82, 2.24) is 9.97 Å². The Kier molecular flexibility index (Phi) is 4.15. The van der Waals surface area contributed by atoms with E-state index in [2.05, 4.69) is 62.1 Å². The predicted octanol–water partition coefficient (Wildman–Crippen LogP) is 4.07. The van der Waals surface area contributed by atoms with Gasteiger partial charge in [0, 0.05) is 47.4 Å². The summed E-state index contributed by atoms with van der Waals surface area (Å²) < 4.78 is 1.11. The second kappa shape index (κ2) is 6.22. The molecular formula is C17H16BrN3. The zero-order chi connectivity index (χ0) is 14.7. The van der Waals surface area contributed by atoms with Gasteiger partial charge in [-0.1, -0.05) is 28.1 Å². The van der Waals surface area contributed by atoms with E-state index in [4.69, 9.17) is 0 Å². The molecule has 2 aromatic heterocycles. The van der Waals surface area contributed by atoms with Crippen LogP contribution < -0.4 is 4.90 Å². The number of rotatable bonds is 4. The summed E-state index contributed by atoms with van der Waals surface area (Å²) >= 11 is 3.46. The van der Waals surface area contributed by atoms with Gasteiger partial charge in [0.1, 0.15) is 5.82 Å². The third-order valence-corrected chi connectivity index (χ3v) is 4.08. The molecule has 0 fully saturated rings. The number of anilines is 1. The number of fused-ring (bicyclic) bond motifs is 1. The Bertz CT molecular complexity index is 735. The van der Waals surface area contributed by atoms with Crippen LogP contribution in [0.5, 0.6) is 0 Å². The van der Waals surface area contributed by atoms with Gasteiger partial charge in [-0.2, -0.15) is 0 Å². The SMILES string of the molecule is CN(CCc1ccc(Br)cc1)c1nccc2cnccc12. The Morgan fingerprint density at radius 2 is 1.86 bits per heavy atom. The van der Waals surface area contributed by atoms with E-state index in [-0.39, 0.29) is 0 Å². The van der Waals surface area contributed by atoms with Gasteiger partial charge in [0.05, 0.1) is 0 Å². The minimum absolute atomic E-state index is 0.927. The first-order chi connectivity index (χ1) is 10.2. The van der Waals surface area contributed by atoms with E-state index in [0.29, 0.717) is 0 Å². The number of benzene rings is 1. The van der Waals surface area contributed by atoms with Gasteiger partial charge in [-0.05, 0) is 36.2 Å². The fourth-order valence-electron chi connectivity index (χ4n) is 2.36. The summed E-state index contributed by atoms with van der Waals surface area (Å²) in [5, 5.41) is 2.27. The van der Waals surface area contributed by atoms with Crippen LogP contribution in [0.1, 0.15) is 5.56 Å². The second-order valence-electron chi connectivity index (χ2n) is 5.03. The zero-order valence-corrected chi connectivity index (χ0v) is 13.4. The molecule has 3 aromatic rings. The molecule has 0 spiro atoms. The molecule has 1 aromatic carbocycles. The van der Waals surface area contributed by atoms with Crippen LogP contribution in [-0.4, -0.2) is 23.6 Å². The molecule has 0 aliphatic rings. The Morgan fingerprint density at radius 3 is 2.67 bits per heavy atom. The largest absolute Gasteiger partial charge is 0.359 e. The zero-order valence-electron chi connectivity index (χ0n) is 11.8. The molecule has 0 amide bonds. The lowest BCUT2D eigenvalue weighted by atomic mass is 10.1. The average molecular weight is 342 g/mol. The van der Waals surface area contributed by atoms with Crippen LogP contribution in [0.25, 0.3) is 10.8 Å². The van der Waals surface area contributed by atoms with Crippen molar-refractivity contribution in [3.8, 4) is 0 Å². The fraction of sp³-hybridized carbons (Fsp3) is 0.176. The minimum Gasteiger partial charge on any atom is -0.359 e. The van der Waals surface area contributed by atoms with Gasteiger partial charge in [0.25, 0.3) is 0 Å². The first kappa shape index (κ1) is 14.0. The third kappa shape index (κ3) is 3.22. The van der Waals surface area contributed by atoms with Gasteiger partial charge in [-0.3, -0.25) is 4.98 Å². The highest BCUT2D eigenvalue weighted by atomic mass is 79.9. The lowest BCUT2D eigenvalue weighted by Gasteiger charge is -2.19. The number of hydrogen-bond donors (Lipinski definition) is 0. The number of hydrogen-bond acceptors (Lipinski definition) is 3. The number of nitrogens with zero attached hydrogens (tertiary/aromatic N) is 3. The molecule has 0 atom stereocenters. The summed E-state index contributed by atoms with van der Waals surface area (Å²) in [4.78, 5) is 10.9. The standard InChI is InChI=1S/C17H16BrN3/c1-21(11-8-13-2-4-15(18)5-3-13)17-16-7-9-19-12-14(16)6-10-20-17/h2-7,9-10,12H,8,11H2,1H3. The second-order valence-corrected chi connectivity index (χ2v) is 5.95. The molecular weight excluding hydrogens is 326 g/mol. The summed E-state index contributed by atoms with van der Waals surface area (Å²) in [5.74, 6) is 1.01. The number of aromatic nitrogens is 2. The minimum atomic E-state index is 0.927. The highest BCUT2D eigenvalue weighted by molar-refractivity contribution is 9.10. The van der Waals surface area contributed by atoms with E-state index >= 15 is 0 Å². The smallest absolute Gasteiger partial charge is 0.136 e. The fourth-order valence-corrected chi connectivity index (χ4v) is 2.62. The van der Waals surface area contributed by atoms with Gasteiger partial charge < -0.3 is 4.90 Å². The van der Waals surface area contributed by atoms with E-state index in [0.717, 1.165) is 34.0 Å². The molecule has 106 valence electrons. The normalized spacial score (nSPS) is 10.8. The van der Waals surface area contributed by atoms with E-state index in [9.17, 15) is 0 Å². The summed E-state index contributed by atoms with van der Waals surface area (Å²) in [5.41, 5.74) is 1.33. The first-order valence-corrected chi connectivity index (χ1v) is 7.67. The van der Waals surface area contributed by atoms with Crippen LogP contribution >= 0.6 is 15.9 Å². The van der Waals surface area contributed by atoms with Crippen LogP contribution in [-0.2, 0) is 6.42 Å². The molecule has 0 aliphatic carbocycles. The summed E-state index contributed by atoms with van der Waals surface area (Å²) in [6.45, 7) is 0.927. The van der Waals surface area contributed by atoms with Gasteiger partial charge in [-0.25, -0.2) is 4.98 Å². The molecule has 3 nitrogen and oxygen atoms in total. The molecule has 2 heterocycles. The van der Waals surface area contributed by atoms with Crippen LogP contribution in [0, 0.1) is 0 Å². The van der Waals surface area contributed by atoms with Crippen LogP contribution in [0.3, 0.4) is 0 Å². The topological polar surface area (TPSA) is 29.0 Å². The van der Waals surface area contributed by atoms with E-state index in [1.54, 1.807) is 0 Å². The maximum absolute atomic E-state index is 4.52. The number of likely N-dealkylation sites (N-methyl/N-ethyl adjacent to an activating group) is 1. The van der Waals surface area contributed by atoms with Gasteiger partial charge >= 0.3 is 0 Å². The van der Waals surface area contributed by atoms with Crippen molar-refractivity contribution in [3.05, 3.63) is 65.0 Å². The monoisotopic (exact) mass is 341 g/mol. The van der Waals surface area contributed by atoms with Crippen molar-refractivity contribution in [3.63, 3.8) is 0 Å². The van der Waals surface area contributed by atoms with Gasteiger partial charge in [0.2, 0.25) is 0 Å². The van der Waals surface area contributed by atoms with Crippen molar-refractivity contribution in [2.75, 3.05) is 18.5 Å². The Hall–Kier alpha value is -1.94. The average Bonchev–Trinajstić information content (AvgIpc) is 2.53. The summed E-state index contributed by atoms with van der Waals surface area (Å²) in [7, 11) is 2.08. The first-order valence-electron chi connectivity index (χ1n) is 6.88. The quantitative estimate of drug-likeness (QED) is 0.716. The molecule has 0 unspecified atom stereocenters. The Morgan fingerprint density at radius 1 is 1.05 bits per heavy atom. The maximum atomic E-state index is 4.52. The molecule has 0 radical (unpaired) electrons.